The number of hydrogen-bond acceptors (Lipinski definition) is 7. The Labute approximate surface area is 273 Å². The third kappa shape index (κ3) is 8.61. The lowest BCUT2D eigenvalue weighted by molar-refractivity contribution is -0.127. The number of amidine groups is 1. The molecule has 2 aromatic rings. The van der Waals surface area contributed by atoms with Gasteiger partial charge in [-0.05, 0) is 67.5 Å². The highest BCUT2D eigenvalue weighted by atomic mass is 32.2. The van der Waals surface area contributed by atoms with Gasteiger partial charge in [0.1, 0.15) is 22.9 Å². The van der Waals surface area contributed by atoms with Gasteiger partial charge in [-0.3, -0.25) is 9.59 Å². The molecule has 2 aliphatic heterocycles. The number of nitrogens with zero attached hydrogens (tertiary/aromatic N) is 3. The zero-order chi connectivity index (χ0) is 32.6. The largest absolute Gasteiger partial charge is 0.446 e. The molecule has 46 heavy (non-hydrogen) atoms. The summed E-state index contributed by atoms with van der Waals surface area (Å²) in [6.07, 6.45) is 6.12. The molecular formula is C34H44N6O5S. The number of hydrogen-bond donors (Lipinski definition) is 3. The Balaban J connectivity index is 1.23. The molecule has 3 amide bonds. The number of benzene rings is 2. The fraction of sp³-hybridized carbons (Fsp3) is 0.471. The lowest BCUT2D eigenvalue weighted by atomic mass is 9.96. The zero-order valence-corrected chi connectivity index (χ0v) is 27.4. The highest BCUT2D eigenvalue weighted by Crippen LogP contribution is 2.33. The predicted octanol–water partition coefficient (Wildman–Crippen LogP) is 4.13. The van der Waals surface area contributed by atoms with Crippen molar-refractivity contribution in [1.82, 2.24) is 19.8 Å². The van der Waals surface area contributed by atoms with Gasteiger partial charge in [0.2, 0.25) is 11.8 Å². The molecule has 2 heterocycles. The van der Waals surface area contributed by atoms with Crippen molar-refractivity contribution in [3.8, 4) is 11.1 Å². The van der Waals surface area contributed by atoms with Crippen LogP contribution in [-0.2, 0) is 25.3 Å². The minimum atomic E-state index is -1.30. The summed E-state index contributed by atoms with van der Waals surface area (Å²) < 4.78 is 20.5. The van der Waals surface area contributed by atoms with Crippen LogP contribution in [0.2, 0.25) is 0 Å². The van der Waals surface area contributed by atoms with Crippen LogP contribution in [0.15, 0.2) is 57.9 Å². The Morgan fingerprint density at radius 3 is 2.59 bits per heavy atom. The van der Waals surface area contributed by atoms with Gasteiger partial charge < -0.3 is 26.0 Å². The Kier molecular flexibility index (Phi) is 11.2. The van der Waals surface area contributed by atoms with Gasteiger partial charge in [0, 0.05) is 69.7 Å². The molecule has 2 aromatic carbocycles. The molecule has 246 valence electrons. The van der Waals surface area contributed by atoms with Crippen molar-refractivity contribution in [1.29, 1.82) is 0 Å². The number of carbonyl (C=O) groups is 3. The molecule has 1 atom stereocenters. The van der Waals surface area contributed by atoms with Crippen LogP contribution in [0, 0.1) is 5.92 Å². The second-order valence-corrected chi connectivity index (χ2v) is 13.7. The molecule has 4 N–H and O–H groups in total. The summed E-state index contributed by atoms with van der Waals surface area (Å²) in [7, 11) is -1.30. The van der Waals surface area contributed by atoms with Gasteiger partial charge in [-0.2, -0.15) is 0 Å². The van der Waals surface area contributed by atoms with Crippen LogP contribution in [0.5, 0.6) is 0 Å². The smallest absolute Gasteiger partial charge is 0.407 e. The highest BCUT2D eigenvalue weighted by Gasteiger charge is 2.31. The van der Waals surface area contributed by atoms with Gasteiger partial charge >= 0.3 is 6.09 Å². The molecule has 1 aliphatic carbocycles. The van der Waals surface area contributed by atoms with Gasteiger partial charge in [-0.1, -0.05) is 31.2 Å². The van der Waals surface area contributed by atoms with Gasteiger partial charge in [-0.15, -0.1) is 0 Å². The van der Waals surface area contributed by atoms with Crippen molar-refractivity contribution < 1.29 is 23.3 Å². The van der Waals surface area contributed by atoms with Crippen molar-refractivity contribution in [3.05, 3.63) is 53.6 Å². The van der Waals surface area contributed by atoms with Gasteiger partial charge in [0.05, 0.1) is 10.6 Å². The maximum absolute atomic E-state index is 13.7. The van der Waals surface area contributed by atoms with Crippen LogP contribution in [0.3, 0.4) is 0 Å². The molecule has 12 heteroatoms. The summed E-state index contributed by atoms with van der Waals surface area (Å²) >= 11 is 0. The molecule has 1 saturated carbocycles. The minimum absolute atomic E-state index is 0.0365. The molecule has 0 aromatic heterocycles. The van der Waals surface area contributed by atoms with E-state index in [9.17, 15) is 18.6 Å². The van der Waals surface area contributed by atoms with E-state index in [0.717, 1.165) is 42.4 Å². The number of ether oxygens (including phenoxy) is 1. The lowest BCUT2D eigenvalue weighted by Gasteiger charge is -2.37. The van der Waals surface area contributed by atoms with E-state index < -0.39 is 17.1 Å². The van der Waals surface area contributed by atoms with Crippen molar-refractivity contribution >= 4 is 46.5 Å². The summed E-state index contributed by atoms with van der Waals surface area (Å²) in [6.45, 7) is 6.98. The number of carbonyl (C=O) groups excluding carboxylic acids is 3. The monoisotopic (exact) mass is 648 g/mol. The average molecular weight is 649 g/mol. The normalized spacial score (nSPS) is 17.3. The quantitative estimate of drug-likeness (QED) is 0.279. The van der Waals surface area contributed by atoms with Crippen molar-refractivity contribution in [2.75, 3.05) is 39.3 Å². The lowest BCUT2D eigenvalue weighted by Crippen LogP contribution is -2.51. The van der Waals surface area contributed by atoms with E-state index in [1.807, 2.05) is 64.7 Å². The van der Waals surface area contributed by atoms with Crippen LogP contribution >= 0.6 is 0 Å². The van der Waals surface area contributed by atoms with Gasteiger partial charge in [0.15, 0.2) is 0 Å². The van der Waals surface area contributed by atoms with Crippen LogP contribution < -0.4 is 16.4 Å². The second-order valence-electron chi connectivity index (χ2n) is 12.2. The SMILES string of the molecule is CCCN(CCCNC(=O)OC1CCC1)C(=O)C1=Cc2ccc(-c3cccc(S(=O)N4CC(CNC(C)=O)C4)c3)cc2N=C(N)C1. The maximum Gasteiger partial charge on any atom is 0.407 e. The fourth-order valence-corrected chi connectivity index (χ4v) is 7.06. The summed E-state index contributed by atoms with van der Waals surface area (Å²) in [5.41, 5.74) is 10.2. The summed E-state index contributed by atoms with van der Waals surface area (Å²) in [5, 5.41) is 5.62. The van der Waals surface area contributed by atoms with Crippen molar-refractivity contribution in [2.45, 2.75) is 63.4 Å². The van der Waals surface area contributed by atoms with E-state index in [0.29, 0.717) is 73.6 Å². The molecule has 1 unspecified atom stereocenters. The molecule has 2 fully saturated rings. The van der Waals surface area contributed by atoms with E-state index in [1.165, 1.54) is 6.92 Å². The Hall–Kier alpha value is -4.03. The molecule has 1 saturated heterocycles. The Morgan fingerprint density at radius 1 is 1.09 bits per heavy atom. The number of nitrogens with two attached hydrogens (primary N) is 1. The molecular weight excluding hydrogens is 604 g/mol. The Bertz CT molecular complexity index is 1530. The number of fused-ring (bicyclic) bond motifs is 1. The maximum atomic E-state index is 13.7. The molecule has 3 aliphatic rings. The summed E-state index contributed by atoms with van der Waals surface area (Å²) in [6, 6.07) is 13.5. The van der Waals surface area contributed by atoms with E-state index in [1.54, 1.807) is 0 Å². The minimum Gasteiger partial charge on any atom is -0.446 e. The van der Waals surface area contributed by atoms with Crippen LogP contribution in [0.1, 0.15) is 57.9 Å². The first kappa shape index (κ1) is 33.3. The topological polar surface area (TPSA) is 146 Å². The van der Waals surface area contributed by atoms with Crippen molar-refractivity contribution in [2.24, 2.45) is 16.6 Å². The van der Waals surface area contributed by atoms with Crippen molar-refractivity contribution in [3.63, 3.8) is 0 Å². The van der Waals surface area contributed by atoms with E-state index in [2.05, 4.69) is 15.6 Å². The highest BCUT2D eigenvalue weighted by molar-refractivity contribution is 7.82. The average Bonchev–Trinajstić information content (AvgIpc) is 3.16. The number of aliphatic imine (C=N–C) groups is 1. The molecule has 11 nitrogen and oxygen atoms in total. The fourth-order valence-electron chi connectivity index (χ4n) is 5.65. The summed E-state index contributed by atoms with van der Waals surface area (Å²) in [4.78, 5) is 44.0. The first-order valence-electron chi connectivity index (χ1n) is 16.1. The molecule has 5 rings (SSSR count). The standard InChI is InChI=1S/C34H44N6O5S/c1-3-14-39(15-6-13-36-34(43)45-29-8-5-9-29)33(42)28-16-27-12-11-26(18-31(27)38-32(35)19-28)25-7-4-10-30(17-25)46(44)40-21-24(22-40)20-37-23(2)41/h4,7,10-12,16-18,24,29H,3,5-6,8-9,13-15,19-22H2,1-2H3,(H2,35,38)(H,36,43)(H,37,41). The van der Waals surface area contributed by atoms with Crippen LogP contribution in [0.25, 0.3) is 17.2 Å². The van der Waals surface area contributed by atoms with Crippen LogP contribution in [-0.4, -0.2) is 82.5 Å². The van der Waals surface area contributed by atoms with E-state index >= 15 is 0 Å². The third-order valence-electron chi connectivity index (χ3n) is 8.42. The second kappa shape index (κ2) is 15.5. The van der Waals surface area contributed by atoms with E-state index in [4.69, 9.17) is 10.5 Å². The summed E-state index contributed by atoms with van der Waals surface area (Å²) in [5.74, 6) is 0.509. The molecule has 0 radical (unpaired) electrons. The molecule has 0 bridgehead atoms. The predicted molar refractivity (Wildman–Crippen MR) is 180 cm³/mol. The first-order valence-corrected chi connectivity index (χ1v) is 17.2. The van der Waals surface area contributed by atoms with Crippen LogP contribution in [0.4, 0.5) is 10.5 Å². The number of rotatable bonds is 13. The number of nitrogens with one attached hydrogen (secondary N) is 2. The third-order valence-corrected chi connectivity index (χ3v) is 9.84. The molecule has 0 spiro atoms. The first-order chi connectivity index (χ1) is 22.2. The Morgan fingerprint density at radius 2 is 1.87 bits per heavy atom. The number of alkyl carbamates (subject to hydrolysis) is 1. The number of amides is 3. The van der Waals surface area contributed by atoms with Gasteiger partial charge in [0.25, 0.3) is 0 Å². The van der Waals surface area contributed by atoms with E-state index in [-0.39, 0.29) is 24.3 Å². The zero-order valence-electron chi connectivity index (χ0n) is 26.6. The van der Waals surface area contributed by atoms with Gasteiger partial charge in [-0.25, -0.2) is 18.3 Å².